The summed E-state index contributed by atoms with van der Waals surface area (Å²) < 4.78 is 10.3. The highest BCUT2D eigenvalue weighted by Gasteiger charge is 2.42. The number of methoxy groups -OCH3 is 1. The van der Waals surface area contributed by atoms with Gasteiger partial charge in [-0.15, -0.1) is 0 Å². The fourth-order valence-corrected chi connectivity index (χ4v) is 7.95. The third-order valence-corrected chi connectivity index (χ3v) is 11.7. The smallest absolute Gasteiger partial charge is 0.408 e. The highest BCUT2D eigenvalue weighted by Crippen LogP contribution is 2.28. The van der Waals surface area contributed by atoms with Crippen molar-refractivity contribution in [2.24, 2.45) is 41.4 Å². The first-order chi connectivity index (χ1) is 30.8. The topological polar surface area (TPSA) is 251 Å². The number of nitrogens with one attached hydrogen (secondary N) is 8. The van der Waals surface area contributed by atoms with E-state index in [9.17, 15) is 38.4 Å². The monoisotopic (exact) mass is 951 g/mol. The fourth-order valence-electron chi connectivity index (χ4n) is 7.95. The lowest BCUT2D eigenvalue weighted by Crippen LogP contribution is -2.69. The maximum Gasteiger partial charge on any atom is 0.408 e. The van der Waals surface area contributed by atoms with E-state index in [0.717, 1.165) is 19.3 Å². The number of hydrogen-bond donors (Lipinski definition) is 8. The molecule has 0 aliphatic heterocycles. The van der Waals surface area contributed by atoms with E-state index < -0.39 is 107 Å². The zero-order valence-electron chi connectivity index (χ0n) is 44.1. The van der Waals surface area contributed by atoms with Crippen LogP contribution in [0.4, 0.5) is 4.79 Å². The van der Waals surface area contributed by atoms with Crippen molar-refractivity contribution in [2.45, 2.75) is 216 Å². The van der Waals surface area contributed by atoms with E-state index in [2.05, 4.69) is 42.5 Å². The highest BCUT2D eigenvalue weighted by molar-refractivity contribution is 5.96. The van der Waals surface area contributed by atoms with Gasteiger partial charge in [0.25, 0.3) is 0 Å². The molecule has 8 N–H and O–H groups in total. The molecule has 7 atom stereocenters. The van der Waals surface area contributed by atoms with Gasteiger partial charge in [-0.1, -0.05) is 103 Å². The summed E-state index contributed by atoms with van der Waals surface area (Å²) in [6.07, 6.45) is 3.19. The van der Waals surface area contributed by atoms with Crippen LogP contribution in [0.1, 0.15) is 163 Å². The van der Waals surface area contributed by atoms with E-state index in [1.807, 2.05) is 41.5 Å². The third kappa shape index (κ3) is 20.7. The molecule has 0 radical (unpaired) electrons. The van der Waals surface area contributed by atoms with E-state index in [-0.39, 0.29) is 41.9 Å². The molecule has 1 aliphatic rings. The molecule has 1 fully saturated rings. The van der Waals surface area contributed by atoms with Gasteiger partial charge in [0.2, 0.25) is 35.4 Å². The first-order valence-corrected chi connectivity index (χ1v) is 24.5. The predicted octanol–water partition coefficient (Wildman–Crippen LogP) is 4.58. The van der Waals surface area contributed by atoms with Crippen molar-refractivity contribution < 1.29 is 47.8 Å². The molecule has 18 heteroatoms. The lowest BCUT2D eigenvalue weighted by molar-refractivity contribution is -0.147. The molecule has 0 aromatic rings. The molecule has 386 valence electrons. The number of ether oxygens (including phenoxy) is 2. The van der Waals surface area contributed by atoms with Crippen molar-refractivity contribution in [1.29, 1.82) is 0 Å². The number of amides is 7. The maximum absolute atomic E-state index is 14.4. The normalized spacial score (nSPS) is 17.2. The van der Waals surface area contributed by atoms with Gasteiger partial charge in [-0.3, -0.25) is 34.1 Å². The quantitative estimate of drug-likeness (QED) is 0.0465. The van der Waals surface area contributed by atoms with Gasteiger partial charge in [0.1, 0.15) is 41.9 Å². The van der Waals surface area contributed by atoms with Gasteiger partial charge in [-0.2, -0.15) is 0 Å². The van der Waals surface area contributed by atoms with Crippen LogP contribution in [-0.2, 0) is 43.0 Å². The zero-order valence-corrected chi connectivity index (χ0v) is 44.1. The Balaban J connectivity index is 3.41. The summed E-state index contributed by atoms with van der Waals surface area (Å²) in [6, 6.07) is -6.90. The standard InChI is InChI=1S/C49H90N8O10/c1-26(2)24-33(40(58)52-36(29(7)8)43(61)55-39(32(13)14)46(64)66-18)50-44(62)38(31(11)12)56-49(22-20-19-21-23-49)57-45(63)37(30(9)10)54-42(60)35(28(5)6)53-41(59)34(25-27(3)4)51-47(65)67-48(15,16)17/h26-39,56H,19-25H2,1-18H3,(H,50,62)(H,51,65)(H,52,58)(H,53,59)(H,54,60)(H,55,61)(H,57,63)/t33-,34-,35-,36-,37-,38-,39-/m0/s1. The Hall–Kier alpha value is -4.48. The lowest BCUT2D eigenvalue weighted by atomic mass is 9.86. The van der Waals surface area contributed by atoms with Crippen molar-refractivity contribution in [3.05, 3.63) is 0 Å². The van der Waals surface area contributed by atoms with E-state index in [1.165, 1.54) is 7.11 Å². The second-order valence-corrected chi connectivity index (χ2v) is 22.0. The molecule has 0 heterocycles. The molecule has 0 unspecified atom stereocenters. The van der Waals surface area contributed by atoms with Crippen LogP contribution in [0.2, 0.25) is 0 Å². The van der Waals surface area contributed by atoms with Crippen LogP contribution in [0.15, 0.2) is 0 Å². The Morgan fingerprint density at radius 2 is 0.821 bits per heavy atom. The molecule has 18 nitrogen and oxygen atoms in total. The largest absolute Gasteiger partial charge is 0.467 e. The van der Waals surface area contributed by atoms with Crippen LogP contribution >= 0.6 is 0 Å². The SMILES string of the molecule is COC(=O)[C@@H](NC(=O)[C@@H](NC(=O)[C@H](CC(C)C)NC(=O)[C@@H](NC1(NC(=O)[C@@H](NC(=O)[C@@H](NC(=O)[C@H](CC(C)C)NC(=O)OC(C)(C)C)C(C)C)C(C)C)CCCCC1)C(C)C)C(C)C)C(C)C. The summed E-state index contributed by atoms with van der Waals surface area (Å²) in [5.74, 6) is -5.51. The number of alkyl carbamates (subject to hydrolysis) is 1. The van der Waals surface area contributed by atoms with E-state index in [0.29, 0.717) is 19.3 Å². The number of esters is 1. The van der Waals surface area contributed by atoms with Gasteiger partial charge in [0, 0.05) is 0 Å². The molecule has 1 rings (SSSR count). The zero-order chi connectivity index (χ0) is 51.7. The van der Waals surface area contributed by atoms with Crippen LogP contribution in [-0.4, -0.2) is 108 Å². The van der Waals surface area contributed by atoms with Gasteiger partial charge in [-0.25, -0.2) is 9.59 Å². The van der Waals surface area contributed by atoms with Crippen LogP contribution in [0.25, 0.3) is 0 Å². The fraction of sp³-hybridized carbons (Fsp3) is 0.837. The van der Waals surface area contributed by atoms with Crippen molar-refractivity contribution in [3.63, 3.8) is 0 Å². The maximum atomic E-state index is 14.4. The van der Waals surface area contributed by atoms with Crippen LogP contribution in [0.3, 0.4) is 0 Å². The molecule has 7 amide bonds. The highest BCUT2D eigenvalue weighted by atomic mass is 16.6. The third-order valence-electron chi connectivity index (χ3n) is 11.7. The molecule has 1 saturated carbocycles. The van der Waals surface area contributed by atoms with Crippen molar-refractivity contribution in [2.75, 3.05) is 7.11 Å². The van der Waals surface area contributed by atoms with E-state index >= 15 is 0 Å². The van der Waals surface area contributed by atoms with Gasteiger partial charge >= 0.3 is 12.1 Å². The Labute approximate surface area is 401 Å². The average Bonchev–Trinajstić information content (AvgIpc) is 3.19. The van der Waals surface area contributed by atoms with E-state index in [1.54, 1.807) is 76.2 Å². The second kappa shape index (κ2) is 27.5. The Kier molecular flexibility index (Phi) is 24.8. The first kappa shape index (κ1) is 60.5. The molecule has 0 bridgehead atoms. The number of carbonyl (C=O) groups excluding carboxylic acids is 8. The molecule has 0 aromatic carbocycles. The molecule has 67 heavy (non-hydrogen) atoms. The minimum atomic E-state index is -1.05. The molecule has 1 aliphatic carbocycles. The summed E-state index contributed by atoms with van der Waals surface area (Å²) in [5.41, 5.74) is -1.84. The second-order valence-electron chi connectivity index (χ2n) is 22.0. The number of hydrogen-bond acceptors (Lipinski definition) is 11. The summed E-state index contributed by atoms with van der Waals surface area (Å²) >= 11 is 0. The van der Waals surface area contributed by atoms with Gasteiger partial charge in [0.15, 0.2) is 0 Å². The van der Waals surface area contributed by atoms with Gasteiger partial charge in [-0.05, 0) is 101 Å². The predicted molar refractivity (Wildman–Crippen MR) is 259 cm³/mol. The minimum Gasteiger partial charge on any atom is -0.467 e. The van der Waals surface area contributed by atoms with Crippen molar-refractivity contribution in [1.82, 2.24) is 42.5 Å². The Morgan fingerprint density at radius 3 is 1.19 bits per heavy atom. The van der Waals surface area contributed by atoms with Crippen molar-refractivity contribution >= 4 is 47.5 Å². The van der Waals surface area contributed by atoms with Crippen LogP contribution < -0.4 is 42.5 Å². The van der Waals surface area contributed by atoms with Gasteiger partial charge < -0.3 is 46.7 Å². The summed E-state index contributed by atoms with van der Waals surface area (Å²) in [7, 11) is 1.24. The summed E-state index contributed by atoms with van der Waals surface area (Å²) in [6.45, 7) is 30.8. The van der Waals surface area contributed by atoms with Gasteiger partial charge in [0.05, 0.1) is 18.8 Å². The number of carbonyl (C=O) groups is 8. The molecular weight excluding hydrogens is 861 g/mol. The lowest BCUT2D eigenvalue weighted by Gasteiger charge is -2.43. The summed E-state index contributed by atoms with van der Waals surface area (Å²) in [4.78, 5) is 109. The average molecular weight is 951 g/mol. The van der Waals surface area contributed by atoms with Crippen LogP contribution in [0, 0.1) is 41.4 Å². The molecule has 0 saturated heterocycles. The van der Waals surface area contributed by atoms with Crippen LogP contribution in [0.5, 0.6) is 0 Å². The molecular formula is C49H90N8O10. The van der Waals surface area contributed by atoms with Crippen molar-refractivity contribution in [3.8, 4) is 0 Å². The Bertz CT molecular complexity index is 1650. The number of rotatable bonds is 25. The molecule has 0 aromatic heterocycles. The summed E-state index contributed by atoms with van der Waals surface area (Å²) in [5, 5.41) is 23.5. The van der Waals surface area contributed by atoms with E-state index in [4.69, 9.17) is 9.47 Å². The molecule has 0 spiro atoms. The minimum absolute atomic E-state index is 0.0238. The Morgan fingerprint density at radius 1 is 0.463 bits per heavy atom. The first-order valence-electron chi connectivity index (χ1n) is 24.5.